The van der Waals surface area contributed by atoms with Crippen LogP contribution in [0.1, 0.15) is 24.3 Å². The molecule has 7 heteroatoms. The molecule has 0 saturated heterocycles. The van der Waals surface area contributed by atoms with Crippen LogP contribution >= 0.6 is 15.9 Å². The minimum Gasteiger partial charge on any atom is -0.348 e. The highest BCUT2D eigenvalue weighted by atomic mass is 79.9. The van der Waals surface area contributed by atoms with Crippen molar-refractivity contribution in [3.05, 3.63) is 34.4 Å². The molecule has 3 heterocycles. The van der Waals surface area contributed by atoms with Crippen LogP contribution in [0.2, 0.25) is 0 Å². The van der Waals surface area contributed by atoms with Crippen molar-refractivity contribution in [2.45, 2.75) is 19.4 Å². The fourth-order valence-corrected chi connectivity index (χ4v) is 2.87. The lowest BCUT2D eigenvalue weighted by Gasteiger charge is -2.31. The normalized spacial score (nSPS) is 16.7. The summed E-state index contributed by atoms with van der Waals surface area (Å²) in [6, 6.07) is 1.54. The fourth-order valence-electron chi connectivity index (χ4n) is 2.23. The highest BCUT2D eigenvalue weighted by molar-refractivity contribution is 9.10. The third kappa shape index (κ3) is 1.84. The zero-order valence-electron chi connectivity index (χ0n) is 10.9. The molecule has 0 aromatic carbocycles. The van der Waals surface area contributed by atoms with Crippen molar-refractivity contribution in [3.63, 3.8) is 0 Å². The van der Waals surface area contributed by atoms with Crippen LogP contribution in [-0.4, -0.2) is 27.2 Å². The van der Waals surface area contributed by atoms with E-state index in [1.807, 2.05) is 13.8 Å². The van der Waals surface area contributed by atoms with Gasteiger partial charge in [-0.3, -0.25) is 14.5 Å². The number of hydrogen-bond donors (Lipinski definition) is 1. The summed E-state index contributed by atoms with van der Waals surface area (Å²) < 4.78 is 16.0. The van der Waals surface area contributed by atoms with Crippen molar-refractivity contribution in [2.24, 2.45) is 0 Å². The third-order valence-electron chi connectivity index (χ3n) is 3.33. The van der Waals surface area contributed by atoms with Gasteiger partial charge in [-0.05, 0) is 35.8 Å². The first-order chi connectivity index (χ1) is 9.42. The van der Waals surface area contributed by atoms with Crippen molar-refractivity contribution in [3.8, 4) is 11.3 Å². The summed E-state index contributed by atoms with van der Waals surface area (Å²) in [4.78, 5) is 15.7. The van der Waals surface area contributed by atoms with Crippen LogP contribution in [0.5, 0.6) is 0 Å². The molecular weight excluding hydrogens is 327 g/mol. The van der Waals surface area contributed by atoms with Crippen LogP contribution in [0, 0.1) is 5.82 Å². The molecule has 0 unspecified atom stereocenters. The Morgan fingerprint density at radius 1 is 1.50 bits per heavy atom. The predicted octanol–water partition coefficient (Wildman–Crippen LogP) is 2.33. The van der Waals surface area contributed by atoms with Gasteiger partial charge in [0.2, 0.25) is 0 Å². The molecule has 0 fully saturated rings. The first-order valence-corrected chi connectivity index (χ1v) is 6.88. The summed E-state index contributed by atoms with van der Waals surface area (Å²) in [6.45, 7) is 4.40. The van der Waals surface area contributed by atoms with Crippen LogP contribution in [-0.2, 0) is 5.54 Å². The van der Waals surface area contributed by atoms with E-state index in [0.717, 1.165) is 6.20 Å². The standard InChI is InChI=1S/C13H12BrFN4O/c1-13(2)6-17-12(20)11-9(14)10(18-19(11)13)7-3-4-16-5-8(7)15/h3-5H,6H2,1-2H3,(H,17,20). The third-order valence-corrected chi connectivity index (χ3v) is 4.08. The van der Waals surface area contributed by atoms with Crippen LogP contribution in [0.3, 0.4) is 0 Å². The summed E-state index contributed by atoms with van der Waals surface area (Å²) >= 11 is 3.37. The number of halogens is 2. The van der Waals surface area contributed by atoms with Gasteiger partial charge < -0.3 is 5.32 Å². The van der Waals surface area contributed by atoms with E-state index in [9.17, 15) is 9.18 Å². The van der Waals surface area contributed by atoms with E-state index in [1.54, 1.807) is 10.7 Å². The Morgan fingerprint density at radius 2 is 2.25 bits per heavy atom. The van der Waals surface area contributed by atoms with E-state index in [4.69, 9.17) is 0 Å². The van der Waals surface area contributed by atoms with Crippen molar-refractivity contribution < 1.29 is 9.18 Å². The largest absolute Gasteiger partial charge is 0.348 e. The average Bonchev–Trinajstić information content (AvgIpc) is 2.75. The number of aromatic nitrogens is 3. The monoisotopic (exact) mass is 338 g/mol. The van der Waals surface area contributed by atoms with Crippen LogP contribution in [0.25, 0.3) is 11.3 Å². The average molecular weight is 339 g/mol. The maximum Gasteiger partial charge on any atom is 0.270 e. The summed E-state index contributed by atoms with van der Waals surface area (Å²) in [5, 5.41) is 7.24. The van der Waals surface area contributed by atoms with Crippen molar-refractivity contribution in [1.29, 1.82) is 0 Å². The van der Waals surface area contributed by atoms with Gasteiger partial charge in [0.25, 0.3) is 5.91 Å². The number of hydrogen-bond acceptors (Lipinski definition) is 3. The minimum absolute atomic E-state index is 0.218. The molecule has 20 heavy (non-hydrogen) atoms. The highest BCUT2D eigenvalue weighted by Crippen LogP contribution is 2.35. The van der Waals surface area contributed by atoms with Gasteiger partial charge in [-0.25, -0.2) is 4.39 Å². The Hall–Kier alpha value is -1.76. The molecule has 2 aromatic heterocycles. The quantitative estimate of drug-likeness (QED) is 0.868. The van der Waals surface area contributed by atoms with Crippen molar-refractivity contribution in [1.82, 2.24) is 20.1 Å². The summed E-state index contributed by atoms with van der Waals surface area (Å²) in [6.07, 6.45) is 2.62. The number of rotatable bonds is 1. The SMILES string of the molecule is CC1(C)CNC(=O)c2c(Br)c(-c3ccncc3F)nn21. The predicted molar refractivity (Wildman–Crippen MR) is 74.8 cm³/mol. The Labute approximate surface area is 123 Å². The van der Waals surface area contributed by atoms with Gasteiger partial charge in [0, 0.05) is 18.3 Å². The summed E-state index contributed by atoms with van der Waals surface area (Å²) in [7, 11) is 0. The van der Waals surface area contributed by atoms with E-state index in [-0.39, 0.29) is 11.4 Å². The maximum atomic E-state index is 13.9. The molecule has 0 atom stereocenters. The Morgan fingerprint density at radius 3 is 2.90 bits per heavy atom. The molecular formula is C13H12BrFN4O. The smallest absolute Gasteiger partial charge is 0.270 e. The molecule has 3 rings (SSSR count). The second kappa shape index (κ2) is 4.37. The Balaban J connectivity index is 2.26. The van der Waals surface area contributed by atoms with Gasteiger partial charge >= 0.3 is 0 Å². The zero-order valence-corrected chi connectivity index (χ0v) is 12.5. The molecule has 2 aromatic rings. The fraction of sp³-hybridized carbons (Fsp3) is 0.308. The molecule has 1 amide bonds. The number of nitrogens with zero attached hydrogens (tertiary/aromatic N) is 3. The molecule has 0 spiro atoms. The molecule has 104 valence electrons. The summed E-state index contributed by atoms with van der Waals surface area (Å²) in [5.74, 6) is -0.689. The number of pyridine rings is 1. The second-order valence-corrected chi connectivity index (χ2v) is 6.07. The Bertz CT molecular complexity index is 710. The molecule has 0 saturated carbocycles. The van der Waals surface area contributed by atoms with Crippen LogP contribution in [0.4, 0.5) is 4.39 Å². The topological polar surface area (TPSA) is 59.8 Å². The molecule has 5 nitrogen and oxygen atoms in total. The second-order valence-electron chi connectivity index (χ2n) is 5.27. The maximum absolute atomic E-state index is 13.9. The lowest BCUT2D eigenvalue weighted by atomic mass is 10.0. The van der Waals surface area contributed by atoms with E-state index in [0.29, 0.717) is 28.0 Å². The molecule has 0 aliphatic carbocycles. The van der Waals surface area contributed by atoms with Gasteiger partial charge in [-0.2, -0.15) is 5.10 Å². The number of carbonyl (C=O) groups is 1. The van der Waals surface area contributed by atoms with Gasteiger partial charge in [-0.15, -0.1) is 0 Å². The summed E-state index contributed by atoms with van der Waals surface area (Å²) in [5.41, 5.74) is 0.767. The van der Waals surface area contributed by atoms with Crippen molar-refractivity contribution >= 4 is 21.8 Å². The number of carbonyl (C=O) groups excluding carboxylic acids is 1. The van der Waals surface area contributed by atoms with Crippen LogP contribution < -0.4 is 5.32 Å². The number of amides is 1. The van der Waals surface area contributed by atoms with Crippen molar-refractivity contribution in [2.75, 3.05) is 6.54 Å². The van der Waals surface area contributed by atoms with E-state index >= 15 is 0 Å². The first kappa shape index (κ1) is 13.2. The molecule has 0 bridgehead atoms. The highest BCUT2D eigenvalue weighted by Gasteiger charge is 2.36. The van der Waals surface area contributed by atoms with Gasteiger partial charge in [-0.1, -0.05) is 0 Å². The first-order valence-electron chi connectivity index (χ1n) is 6.09. The molecule has 0 radical (unpaired) electrons. The molecule has 1 N–H and O–H groups in total. The lowest BCUT2D eigenvalue weighted by molar-refractivity contribution is 0.0876. The Kier molecular flexibility index (Phi) is 2.89. The molecule has 1 aliphatic heterocycles. The number of fused-ring (bicyclic) bond motifs is 1. The zero-order chi connectivity index (χ0) is 14.5. The van der Waals surface area contributed by atoms with Crippen LogP contribution in [0.15, 0.2) is 22.9 Å². The van der Waals surface area contributed by atoms with Gasteiger partial charge in [0.1, 0.15) is 11.4 Å². The number of nitrogens with one attached hydrogen (secondary N) is 1. The van der Waals surface area contributed by atoms with Gasteiger partial charge in [0.05, 0.1) is 16.2 Å². The minimum atomic E-state index is -0.470. The van der Waals surface area contributed by atoms with E-state index in [1.165, 1.54) is 6.20 Å². The van der Waals surface area contributed by atoms with Gasteiger partial charge in [0.15, 0.2) is 5.82 Å². The molecule has 1 aliphatic rings. The van der Waals surface area contributed by atoms with E-state index < -0.39 is 5.82 Å². The van der Waals surface area contributed by atoms with E-state index in [2.05, 4.69) is 31.3 Å². The lowest BCUT2D eigenvalue weighted by Crippen LogP contribution is -2.48.